The molecule has 8 nitrogen and oxygen atoms in total. The fraction of sp³-hybridized carbons (Fsp3) is 0.464. The van der Waals surface area contributed by atoms with E-state index in [1.165, 1.54) is 12.1 Å². The second-order valence-corrected chi connectivity index (χ2v) is 10.1. The molecule has 1 saturated heterocycles. The fourth-order valence-electron chi connectivity index (χ4n) is 5.43. The molecule has 1 aliphatic heterocycles. The molecule has 210 valence electrons. The van der Waals surface area contributed by atoms with Gasteiger partial charge >= 0.3 is 6.36 Å². The molecule has 1 saturated carbocycles. The van der Waals surface area contributed by atoms with Gasteiger partial charge in [-0.25, -0.2) is 0 Å². The van der Waals surface area contributed by atoms with Gasteiger partial charge in [-0.1, -0.05) is 43.2 Å². The van der Waals surface area contributed by atoms with Crippen LogP contribution in [0.1, 0.15) is 47.6 Å². The minimum Gasteiger partial charge on any atom is -0.406 e. The summed E-state index contributed by atoms with van der Waals surface area (Å²) in [5.41, 5.74) is 6.54. The SMILES string of the molecule is NC(=O)[C@@H](NC(=O)[C@@H]1CCCC[C@H]1CN1CCN(C(=O)c2ccc(OC(F)(F)F)cc2)CC1)c1ccccc1. The first-order valence-corrected chi connectivity index (χ1v) is 13.1. The summed E-state index contributed by atoms with van der Waals surface area (Å²) in [5, 5.41) is 2.87. The highest BCUT2D eigenvalue weighted by atomic mass is 19.4. The van der Waals surface area contributed by atoms with E-state index in [2.05, 4.69) is 15.0 Å². The number of carbonyl (C=O) groups excluding carboxylic acids is 3. The minimum absolute atomic E-state index is 0.117. The number of piperazine rings is 1. The van der Waals surface area contributed by atoms with Crippen molar-refractivity contribution in [2.24, 2.45) is 17.6 Å². The highest BCUT2D eigenvalue weighted by Gasteiger charge is 2.35. The zero-order chi connectivity index (χ0) is 28.0. The lowest BCUT2D eigenvalue weighted by Gasteiger charge is -2.39. The van der Waals surface area contributed by atoms with Crippen LogP contribution in [0.3, 0.4) is 0 Å². The zero-order valence-electron chi connectivity index (χ0n) is 21.5. The van der Waals surface area contributed by atoms with Gasteiger partial charge in [-0.2, -0.15) is 0 Å². The lowest BCUT2D eigenvalue weighted by atomic mass is 9.78. The van der Waals surface area contributed by atoms with Crippen LogP contribution in [0.2, 0.25) is 0 Å². The molecule has 39 heavy (non-hydrogen) atoms. The van der Waals surface area contributed by atoms with Crippen molar-refractivity contribution in [1.82, 2.24) is 15.1 Å². The highest BCUT2D eigenvalue weighted by molar-refractivity contribution is 5.94. The molecule has 3 amide bonds. The second-order valence-electron chi connectivity index (χ2n) is 10.1. The van der Waals surface area contributed by atoms with Crippen LogP contribution >= 0.6 is 0 Å². The summed E-state index contributed by atoms with van der Waals surface area (Å²) in [6, 6.07) is 13.0. The standard InChI is InChI=1S/C28H33F3N4O4/c29-28(30,31)39-22-12-10-20(11-13-22)27(38)35-16-14-34(15-17-35)18-21-8-4-5-9-23(21)26(37)33-24(25(32)36)19-6-2-1-3-7-19/h1-3,6-7,10-13,21,23-24H,4-5,8-9,14-18H2,(H2,32,36)(H,33,37)/t21-,23+,24-/m0/s1. The van der Waals surface area contributed by atoms with Gasteiger partial charge in [0.2, 0.25) is 11.8 Å². The van der Waals surface area contributed by atoms with E-state index in [0.717, 1.165) is 37.8 Å². The molecule has 2 aromatic rings. The molecule has 0 spiro atoms. The summed E-state index contributed by atoms with van der Waals surface area (Å²) < 4.78 is 41.0. The van der Waals surface area contributed by atoms with Crippen LogP contribution in [-0.4, -0.2) is 66.6 Å². The molecule has 1 aliphatic carbocycles. The molecule has 2 aliphatic rings. The lowest BCUT2D eigenvalue weighted by Crippen LogP contribution is -2.51. The molecule has 3 atom stereocenters. The van der Waals surface area contributed by atoms with E-state index in [-0.39, 0.29) is 29.4 Å². The number of rotatable bonds is 8. The first-order valence-electron chi connectivity index (χ1n) is 13.1. The third-order valence-corrected chi connectivity index (χ3v) is 7.44. The van der Waals surface area contributed by atoms with Gasteiger partial charge in [0, 0.05) is 44.2 Å². The van der Waals surface area contributed by atoms with Crippen molar-refractivity contribution in [3.8, 4) is 5.75 Å². The van der Waals surface area contributed by atoms with E-state index in [9.17, 15) is 27.6 Å². The zero-order valence-corrected chi connectivity index (χ0v) is 21.5. The monoisotopic (exact) mass is 546 g/mol. The Hall–Kier alpha value is -3.60. The molecule has 1 heterocycles. The Labute approximate surface area is 225 Å². The van der Waals surface area contributed by atoms with Gasteiger partial charge in [-0.15, -0.1) is 13.2 Å². The number of hydrogen-bond donors (Lipinski definition) is 2. The van der Waals surface area contributed by atoms with Gasteiger partial charge in [0.05, 0.1) is 0 Å². The van der Waals surface area contributed by atoms with Gasteiger partial charge in [-0.05, 0) is 48.6 Å². The van der Waals surface area contributed by atoms with Crippen molar-refractivity contribution in [3.63, 3.8) is 0 Å². The number of amides is 3. The predicted molar refractivity (Wildman–Crippen MR) is 137 cm³/mol. The number of nitrogens with one attached hydrogen (secondary N) is 1. The van der Waals surface area contributed by atoms with Crippen molar-refractivity contribution in [3.05, 3.63) is 65.7 Å². The number of halogens is 3. The topological polar surface area (TPSA) is 105 Å². The van der Waals surface area contributed by atoms with Crippen molar-refractivity contribution >= 4 is 17.7 Å². The number of hydrogen-bond acceptors (Lipinski definition) is 5. The van der Waals surface area contributed by atoms with Gasteiger partial charge in [0.15, 0.2) is 0 Å². The average molecular weight is 547 g/mol. The predicted octanol–water partition coefficient (Wildman–Crippen LogP) is 3.49. The smallest absolute Gasteiger partial charge is 0.406 e. The summed E-state index contributed by atoms with van der Waals surface area (Å²) in [4.78, 5) is 42.1. The Kier molecular flexibility index (Phi) is 9.11. The van der Waals surface area contributed by atoms with E-state index in [0.29, 0.717) is 43.9 Å². The number of benzene rings is 2. The molecule has 0 aromatic heterocycles. The van der Waals surface area contributed by atoms with E-state index < -0.39 is 18.3 Å². The third kappa shape index (κ3) is 7.72. The van der Waals surface area contributed by atoms with Crippen LogP contribution in [0.15, 0.2) is 54.6 Å². The Bertz CT molecular complexity index is 1140. The summed E-state index contributed by atoms with van der Waals surface area (Å²) in [7, 11) is 0. The molecule has 3 N–H and O–H groups in total. The van der Waals surface area contributed by atoms with Crippen molar-refractivity contribution in [2.75, 3.05) is 32.7 Å². The molecule has 2 aromatic carbocycles. The summed E-state index contributed by atoms with van der Waals surface area (Å²) in [6.45, 7) is 2.90. The van der Waals surface area contributed by atoms with Gasteiger partial charge in [0.25, 0.3) is 5.91 Å². The molecule has 0 unspecified atom stereocenters. The number of nitrogens with zero attached hydrogens (tertiary/aromatic N) is 2. The third-order valence-electron chi connectivity index (χ3n) is 7.44. The van der Waals surface area contributed by atoms with Crippen LogP contribution in [0.4, 0.5) is 13.2 Å². The first kappa shape index (κ1) is 28.4. The number of ether oxygens (including phenoxy) is 1. The number of primary amides is 1. The van der Waals surface area contributed by atoms with Gasteiger partial charge < -0.3 is 20.7 Å². The molecular weight excluding hydrogens is 513 g/mol. The van der Waals surface area contributed by atoms with E-state index >= 15 is 0 Å². The Morgan fingerprint density at radius 2 is 1.59 bits per heavy atom. The second kappa shape index (κ2) is 12.5. The van der Waals surface area contributed by atoms with E-state index in [4.69, 9.17) is 5.73 Å². The van der Waals surface area contributed by atoms with E-state index in [1.807, 2.05) is 6.07 Å². The number of carbonyl (C=O) groups is 3. The average Bonchev–Trinajstić information content (AvgIpc) is 2.92. The molecular formula is C28H33F3N4O4. The number of alkyl halides is 3. The van der Waals surface area contributed by atoms with Crippen LogP contribution in [0, 0.1) is 11.8 Å². The normalized spacial score (nSPS) is 21.2. The van der Waals surface area contributed by atoms with Crippen LogP contribution in [0.5, 0.6) is 5.75 Å². The van der Waals surface area contributed by atoms with E-state index in [1.54, 1.807) is 29.2 Å². The lowest BCUT2D eigenvalue weighted by molar-refractivity contribution is -0.274. The van der Waals surface area contributed by atoms with Crippen LogP contribution in [0.25, 0.3) is 0 Å². The Morgan fingerprint density at radius 1 is 0.949 bits per heavy atom. The summed E-state index contributed by atoms with van der Waals surface area (Å²) in [5.74, 6) is -1.51. The van der Waals surface area contributed by atoms with Crippen molar-refractivity contribution in [1.29, 1.82) is 0 Å². The maximum Gasteiger partial charge on any atom is 0.573 e. The maximum absolute atomic E-state index is 13.3. The summed E-state index contributed by atoms with van der Waals surface area (Å²) in [6.07, 6.45) is -1.18. The largest absolute Gasteiger partial charge is 0.573 e. The first-order chi connectivity index (χ1) is 18.6. The van der Waals surface area contributed by atoms with Gasteiger partial charge in [-0.3, -0.25) is 19.3 Å². The molecule has 0 radical (unpaired) electrons. The molecule has 2 fully saturated rings. The van der Waals surface area contributed by atoms with Crippen molar-refractivity contribution < 1.29 is 32.3 Å². The minimum atomic E-state index is -4.79. The van der Waals surface area contributed by atoms with Gasteiger partial charge in [0.1, 0.15) is 11.8 Å². The Balaban J connectivity index is 1.31. The molecule has 4 rings (SSSR count). The quantitative estimate of drug-likeness (QED) is 0.528. The highest BCUT2D eigenvalue weighted by Crippen LogP contribution is 2.32. The summed E-state index contributed by atoms with van der Waals surface area (Å²) >= 11 is 0. The fourth-order valence-corrected chi connectivity index (χ4v) is 5.43. The van der Waals surface area contributed by atoms with Crippen LogP contribution in [-0.2, 0) is 9.59 Å². The Morgan fingerprint density at radius 3 is 2.21 bits per heavy atom. The molecule has 0 bridgehead atoms. The van der Waals surface area contributed by atoms with Crippen LogP contribution < -0.4 is 15.8 Å². The molecule has 11 heteroatoms. The number of nitrogens with two attached hydrogens (primary N) is 1. The maximum atomic E-state index is 13.3. The van der Waals surface area contributed by atoms with Crippen molar-refractivity contribution in [2.45, 2.75) is 38.1 Å².